The molecule has 7 nitrogen and oxygen atoms in total. The first kappa shape index (κ1) is 16.4. The largest absolute Gasteiger partial charge is 0.394 e. The number of carbonyl (C=O) groups is 1. The topological polar surface area (TPSA) is 91.5 Å². The molecule has 1 aromatic heterocycles. The Kier molecular flexibility index (Phi) is 4.80. The third-order valence-electron chi connectivity index (χ3n) is 4.41. The lowest BCUT2D eigenvalue weighted by Crippen LogP contribution is -2.47. The molecule has 0 saturated heterocycles. The number of hydrogen-bond donors (Lipinski definition) is 2. The van der Waals surface area contributed by atoms with E-state index >= 15 is 0 Å². The second kappa shape index (κ2) is 7.00. The van der Waals surface area contributed by atoms with Crippen LogP contribution in [0, 0.1) is 6.92 Å². The van der Waals surface area contributed by atoms with Gasteiger partial charge in [0.05, 0.1) is 18.7 Å². The van der Waals surface area contributed by atoms with Crippen molar-refractivity contribution in [1.82, 2.24) is 20.4 Å². The predicted octanol–water partition coefficient (Wildman–Crippen LogP) is 2.13. The van der Waals surface area contributed by atoms with Crippen LogP contribution in [-0.2, 0) is 6.42 Å². The van der Waals surface area contributed by atoms with E-state index in [1.165, 1.54) is 5.56 Å². The molecule has 24 heavy (non-hydrogen) atoms. The predicted molar refractivity (Wildman–Crippen MR) is 87.3 cm³/mol. The van der Waals surface area contributed by atoms with E-state index in [1.807, 2.05) is 31.2 Å². The maximum absolute atomic E-state index is 12.7. The van der Waals surface area contributed by atoms with Gasteiger partial charge in [0.2, 0.25) is 5.89 Å². The summed E-state index contributed by atoms with van der Waals surface area (Å²) in [6.45, 7) is 4.12. The number of fused-ring (bicyclic) bond motifs is 1. The van der Waals surface area contributed by atoms with Crippen molar-refractivity contribution in [3.63, 3.8) is 0 Å². The van der Waals surface area contributed by atoms with E-state index in [9.17, 15) is 9.90 Å². The van der Waals surface area contributed by atoms with Gasteiger partial charge in [-0.2, -0.15) is 4.98 Å². The van der Waals surface area contributed by atoms with E-state index in [0.29, 0.717) is 24.7 Å². The molecule has 1 aliphatic heterocycles. The summed E-state index contributed by atoms with van der Waals surface area (Å²) >= 11 is 0. The third kappa shape index (κ3) is 3.12. The van der Waals surface area contributed by atoms with Gasteiger partial charge in [-0.25, -0.2) is 4.79 Å². The van der Waals surface area contributed by atoms with Gasteiger partial charge in [0.1, 0.15) is 0 Å². The van der Waals surface area contributed by atoms with Crippen LogP contribution in [0.4, 0.5) is 4.79 Å². The first-order chi connectivity index (χ1) is 11.6. The van der Waals surface area contributed by atoms with Crippen molar-refractivity contribution < 1.29 is 14.4 Å². The van der Waals surface area contributed by atoms with Crippen molar-refractivity contribution in [3.8, 4) is 0 Å². The van der Waals surface area contributed by atoms with Gasteiger partial charge in [0.15, 0.2) is 5.82 Å². The fourth-order valence-corrected chi connectivity index (χ4v) is 3.13. The smallest absolute Gasteiger partial charge is 0.318 e. The van der Waals surface area contributed by atoms with Crippen LogP contribution >= 0.6 is 0 Å². The second-order valence-electron chi connectivity index (χ2n) is 5.92. The van der Waals surface area contributed by atoms with Gasteiger partial charge in [-0.15, -0.1) is 0 Å². The Morgan fingerprint density at radius 2 is 2.29 bits per heavy atom. The van der Waals surface area contributed by atoms with E-state index in [-0.39, 0.29) is 24.7 Å². The zero-order valence-corrected chi connectivity index (χ0v) is 13.9. The fraction of sp³-hybridized carbons (Fsp3) is 0.471. The second-order valence-corrected chi connectivity index (χ2v) is 5.92. The van der Waals surface area contributed by atoms with Crippen LogP contribution in [0.25, 0.3) is 0 Å². The standard InChI is InChI=1S/C17H22N4O3/c1-3-14(16-18-11(2)24-20-16)19-17(23)21-9-8-12-6-4-5-7-13(12)15(21)10-22/h4-7,14-15,22H,3,8-10H2,1-2H3,(H,19,23)/t14-,15-/m0/s1. The number of nitrogens with zero attached hydrogens (tertiary/aromatic N) is 3. The lowest BCUT2D eigenvalue weighted by Gasteiger charge is -2.37. The summed E-state index contributed by atoms with van der Waals surface area (Å²) in [5.74, 6) is 0.944. The minimum atomic E-state index is -0.334. The van der Waals surface area contributed by atoms with E-state index in [4.69, 9.17) is 4.52 Å². The van der Waals surface area contributed by atoms with Crippen LogP contribution in [0.2, 0.25) is 0 Å². The molecule has 0 saturated carbocycles. The van der Waals surface area contributed by atoms with Crippen molar-refractivity contribution >= 4 is 6.03 Å². The van der Waals surface area contributed by atoms with Crippen LogP contribution in [0.5, 0.6) is 0 Å². The van der Waals surface area contributed by atoms with Crippen molar-refractivity contribution in [3.05, 3.63) is 47.1 Å². The highest BCUT2D eigenvalue weighted by Gasteiger charge is 2.31. The number of aliphatic hydroxyl groups excluding tert-OH is 1. The Morgan fingerprint density at radius 1 is 1.50 bits per heavy atom. The molecule has 3 rings (SSSR count). The molecular weight excluding hydrogens is 308 g/mol. The molecule has 2 heterocycles. The quantitative estimate of drug-likeness (QED) is 0.896. The average molecular weight is 330 g/mol. The molecular formula is C17H22N4O3. The SMILES string of the molecule is CC[C@H](NC(=O)N1CCc2ccccc2[C@@H]1CO)c1noc(C)n1. The fourth-order valence-electron chi connectivity index (χ4n) is 3.13. The summed E-state index contributed by atoms with van der Waals surface area (Å²) in [6.07, 6.45) is 1.43. The third-order valence-corrected chi connectivity index (χ3v) is 4.41. The molecule has 0 fully saturated rings. The van der Waals surface area contributed by atoms with Crippen LogP contribution in [0.15, 0.2) is 28.8 Å². The molecule has 0 aliphatic carbocycles. The number of aryl methyl sites for hydroxylation is 1. The van der Waals surface area contributed by atoms with Gasteiger partial charge in [0.25, 0.3) is 0 Å². The van der Waals surface area contributed by atoms with Gasteiger partial charge in [-0.3, -0.25) is 0 Å². The van der Waals surface area contributed by atoms with Gasteiger partial charge in [-0.05, 0) is 24.0 Å². The van der Waals surface area contributed by atoms with Gasteiger partial charge >= 0.3 is 6.03 Å². The first-order valence-corrected chi connectivity index (χ1v) is 8.20. The molecule has 0 unspecified atom stereocenters. The van der Waals surface area contributed by atoms with E-state index in [0.717, 1.165) is 12.0 Å². The molecule has 0 bridgehead atoms. The van der Waals surface area contributed by atoms with E-state index in [2.05, 4.69) is 15.5 Å². The Balaban J connectivity index is 1.77. The Hall–Kier alpha value is -2.41. The monoisotopic (exact) mass is 330 g/mol. The Morgan fingerprint density at radius 3 is 2.96 bits per heavy atom. The average Bonchev–Trinajstić information content (AvgIpc) is 3.04. The summed E-state index contributed by atoms with van der Waals surface area (Å²) in [6, 6.07) is 7.05. The molecule has 1 aliphatic rings. The van der Waals surface area contributed by atoms with Crippen LogP contribution in [-0.4, -0.2) is 39.3 Å². The molecule has 7 heteroatoms. The number of aromatic nitrogens is 2. The molecule has 2 amide bonds. The zero-order valence-electron chi connectivity index (χ0n) is 13.9. The van der Waals surface area contributed by atoms with Gasteiger partial charge in [-0.1, -0.05) is 36.3 Å². The van der Waals surface area contributed by atoms with Crippen LogP contribution < -0.4 is 5.32 Å². The number of benzene rings is 1. The van der Waals surface area contributed by atoms with Gasteiger partial charge in [0, 0.05) is 13.5 Å². The minimum Gasteiger partial charge on any atom is -0.394 e. The molecule has 0 radical (unpaired) electrons. The summed E-state index contributed by atoms with van der Waals surface area (Å²) in [5.41, 5.74) is 2.19. The van der Waals surface area contributed by atoms with Crippen molar-refractivity contribution in [1.29, 1.82) is 0 Å². The number of nitrogens with one attached hydrogen (secondary N) is 1. The number of hydrogen-bond acceptors (Lipinski definition) is 5. The van der Waals surface area contributed by atoms with Gasteiger partial charge < -0.3 is 19.8 Å². The summed E-state index contributed by atoms with van der Waals surface area (Å²) < 4.78 is 5.00. The highest BCUT2D eigenvalue weighted by atomic mass is 16.5. The molecule has 1 aromatic carbocycles. The lowest BCUT2D eigenvalue weighted by molar-refractivity contribution is 0.124. The highest BCUT2D eigenvalue weighted by molar-refractivity contribution is 5.75. The number of aliphatic hydroxyl groups is 1. The van der Waals surface area contributed by atoms with Crippen molar-refractivity contribution in [2.75, 3.05) is 13.2 Å². The molecule has 0 spiro atoms. The number of rotatable bonds is 4. The molecule has 128 valence electrons. The maximum atomic E-state index is 12.7. The number of urea groups is 1. The highest BCUT2D eigenvalue weighted by Crippen LogP contribution is 2.29. The Labute approximate surface area is 140 Å². The molecule has 2 aromatic rings. The van der Waals surface area contributed by atoms with Crippen molar-refractivity contribution in [2.24, 2.45) is 0 Å². The summed E-state index contributed by atoms with van der Waals surface area (Å²) in [7, 11) is 0. The van der Waals surface area contributed by atoms with Crippen molar-refractivity contribution in [2.45, 2.75) is 38.8 Å². The normalized spacial score (nSPS) is 18.1. The Bertz CT molecular complexity index is 715. The van der Waals surface area contributed by atoms with Crippen LogP contribution in [0.1, 0.15) is 48.3 Å². The summed E-state index contributed by atoms with van der Waals surface area (Å²) in [5, 5.41) is 16.7. The van der Waals surface area contributed by atoms with Crippen LogP contribution in [0.3, 0.4) is 0 Å². The molecule has 2 N–H and O–H groups in total. The summed E-state index contributed by atoms with van der Waals surface area (Å²) in [4.78, 5) is 18.6. The number of carbonyl (C=O) groups excluding carboxylic acids is 1. The zero-order chi connectivity index (χ0) is 17.1. The maximum Gasteiger partial charge on any atom is 0.318 e. The number of amides is 2. The lowest BCUT2D eigenvalue weighted by atomic mass is 9.93. The van der Waals surface area contributed by atoms with E-state index < -0.39 is 0 Å². The minimum absolute atomic E-state index is 0.109. The van der Waals surface area contributed by atoms with E-state index in [1.54, 1.807) is 11.8 Å². The first-order valence-electron chi connectivity index (χ1n) is 8.20. The molecule has 2 atom stereocenters.